The van der Waals surface area contributed by atoms with Gasteiger partial charge in [-0.25, -0.2) is 0 Å². The highest BCUT2D eigenvalue weighted by molar-refractivity contribution is 5.92. The number of ether oxygens (including phenoxy) is 1. The zero-order chi connectivity index (χ0) is 12.1. The van der Waals surface area contributed by atoms with Crippen molar-refractivity contribution in [2.45, 2.75) is 27.2 Å². The highest BCUT2D eigenvalue weighted by Crippen LogP contribution is 2.52. The van der Waals surface area contributed by atoms with E-state index in [1.165, 1.54) is 7.11 Å². The molecule has 4 atom stereocenters. The molecule has 2 bridgehead atoms. The quantitative estimate of drug-likeness (QED) is 0.503. The van der Waals surface area contributed by atoms with E-state index in [1.807, 2.05) is 26.8 Å². The molecule has 0 radical (unpaired) electrons. The van der Waals surface area contributed by atoms with Crippen molar-refractivity contribution in [1.29, 1.82) is 0 Å². The summed E-state index contributed by atoms with van der Waals surface area (Å²) in [5.41, 5.74) is 0.402. The lowest BCUT2D eigenvalue weighted by Gasteiger charge is -2.35. The first-order valence-electron chi connectivity index (χ1n) is 5.73. The van der Waals surface area contributed by atoms with Gasteiger partial charge in [0, 0.05) is 11.8 Å². The number of methoxy groups -OCH3 is 1. The molecule has 3 nitrogen and oxygen atoms in total. The summed E-state index contributed by atoms with van der Waals surface area (Å²) in [5, 5.41) is 0. The number of hydrogen-bond donors (Lipinski definition) is 0. The van der Waals surface area contributed by atoms with Crippen molar-refractivity contribution in [2.75, 3.05) is 7.11 Å². The van der Waals surface area contributed by atoms with Gasteiger partial charge < -0.3 is 4.74 Å². The molecule has 88 valence electrons. The fourth-order valence-corrected chi connectivity index (χ4v) is 3.38. The number of hydrogen-bond acceptors (Lipinski definition) is 3. The van der Waals surface area contributed by atoms with Crippen molar-refractivity contribution in [3.8, 4) is 0 Å². The van der Waals surface area contributed by atoms with Crippen LogP contribution in [0.15, 0.2) is 11.6 Å². The molecular weight excluding hydrogens is 204 g/mol. The van der Waals surface area contributed by atoms with Crippen LogP contribution >= 0.6 is 0 Å². The van der Waals surface area contributed by atoms with Gasteiger partial charge in [0.2, 0.25) is 0 Å². The third kappa shape index (κ3) is 1.27. The molecule has 2 aliphatic carbocycles. The van der Waals surface area contributed by atoms with Gasteiger partial charge in [0.05, 0.1) is 12.5 Å². The molecule has 0 spiro atoms. The molecule has 0 aliphatic heterocycles. The Bertz CT molecular complexity index is 383. The van der Waals surface area contributed by atoms with E-state index in [-0.39, 0.29) is 29.5 Å². The monoisotopic (exact) mass is 222 g/mol. The second-order valence-corrected chi connectivity index (χ2v) is 5.25. The SMILES string of the molecule is COC(=O)[C@]1(C)C=C(C)[C@H]2C[C@@H]1[C@H](C)C2=O. The first-order chi connectivity index (χ1) is 7.41. The number of ketones is 1. The summed E-state index contributed by atoms with van der Waals surface area (Å²) in [5.74, 6) is 0.157. The van der Waals surface area contributed by atoms with Crippen molar-refractivity contribution in [2.24, 2.45) is 23.2 Å². The van der Waals surface area contributed by atoms with Crippen LogP contribution in [0.4, 0.5) is 0 Å². The van der Waals surface area contributed by atoms with E-state index in [2.05, 4.69) is 0 Å². The maximum atomic E-state index is 12.0. The summed E-state index contributed by atoms with van der Waals surface area (Å²) in [6.45, 7) is 5.76. The number of allylic oxidation sites excluding steroid dienone is 1. The highest BCUT2D eigenvalue weighted by atomic mass is 16.5. The zero-order valence-electron chi connectivity index (χ0n) is 10.2. The van der Waals surface area contributed by atoms with Gasteiger partial charge in [-0.1, -0.05) is 18.6 Å². The van der Waals surface area contributed by atoms with Gasteiger partial charge in [-0.05, 0) is 26.2 Å². The lowest BCUT2D eigenvalue weighted by Crippen LogP contribution is -2.38. The minimum absolute atomic E-state index is 0.0391. The normalized spacial score (nSPS) is 41.9. The van der Waals surface area contributed by atoms with Crippen LogP contribution in [0, 0.1) is 23.2 Å². The fraction of sp³-hybridized carbons (Fsp3) is 0.692. The van der Waals surface area contributed by atoms with Crippen LogP contribution in [0.1, 0.15) is 27.2 Å². The number of rotatable bonds is 1. The third-order valence-electron chi connectivity index (χ3n) is 4.36. The van der Waals surface area contributed by atoms with Crippen molar-refractivity contribution in [3.05, 3.63) is 11.6 Å². The van der Waals surface area contributed by atoms with Crippen LogP contribution < -0.4 is 0 Å². The van der Waals surface area contributed by atoms with E-state index >= 15 is 0 Å². The van der Waals surface area contributed by atoms with Crippen molar-refractivity contribution >= 4 is 11.8 Å². The van der Waals surface area contributed by atoms with Crippen LogP contribution in [0.5, 0.6) is 0 Å². The van der Waals surface area contributed by atoms with Crippen LogP contribution in [0.2, 0.25) is 0 Å². The first kappa shape index (κ1) is 11.4. The lowest BCUT2D eigenvalue weighted by molar-refractivity contribution is -0.152. The lowest BCUT2D eigenvalue weighted by atomic mass is 9.68. The third-order valence-corrected chi connectivity index (χ3v) is 4.36. The Morgan fingerprint density at radius 1 is 1.56 bits per heavy atom. The second kappa shape index (κ2) is 3.44. The Hall–Kier alpha value is -1.12. The Labute approximate surface area is 95.9 Å². The molecule has 0 heterocycles. The molecule has 16 heavy (non-hydrogen) atoms. The van der Waals surface area contributed by atoms with Crippen molar-refractivity contribution in [3.63, 3.8) is 0 Å². The van der Waals surface area contributed by atoms with Crippen LogP contribution in [0.3, 0.4) is 0 Å². The molecule has 0 amide bonds. The Kier molecular flexibility index (Phi) is 2.44. The molecule has 0 aromatic rings. The van der Waals surface area contributed by atoms with Gasteiger partial charge >= 0.3 is 5.97 Å². The number of fused-ring (bicyclic) bond motifs is 2. The van der Waals surface area contributed by atoms with E-state index in [4.69, 9.17) is 4.74 Å². The standard InChI is InChI=1S/C13H18O3/c1-7-6-13(3,12(15)16-4)10-5-9(7)11(14)8(10)2/h6,8-10H,5H2,1-4H3/t8-,9+,10+,13+/m0/s1. The molecule has 1 fully saturated rings. The molecule has 2 aliphatic rings. The predicted molar refractivity (Wildman–Crippen MR) is 59.6 cm³/mol. The molecule has 1 saturated carbocycles. The summed E-state index contributed by atoms with van der Waals surface area (Å²) in [6, 6.07) is 0. The summed E-state index contributed by atoms with van der Waals surface area (Å²) >= 11 is 0. The number of Topliss-reactive ketones (excluding diaryl/α,β-unsaturated/α-hetero) is 1. The molecule has 0 N–H and O–H groups in total. The fourth-order valence-electron chi connectivity index (χ4n) is 3.38. The summed E-state index contributed by atoms with van der Waals surface area (Å²) < 4.78 is 4.88. The van der Waals surface area contributed by atoms with Gasteiger partial charge in [-0.15, -0.1) is 0 Å². The van der Waals surface area contributed by atoms with Crippen molar-refractivity contribution in [1.82, 2.24) is 0 Å². The highest BCUT2D eigenvalue weighted by Gasteiger charge is 2.55. The maximum Gasteiger partial charge on any atom is 0.315 e. The number of carbonyl (C=O) groups excluding carboxylic acids is 2. The zero-order valence-corrected chi connectivity index (χ0v) is 10.2. The van der Waals surface area contributed by atoms with Crippen molar-refractivity contribution < 1.29 is 14.3 Å². The minimum atomic E-state index is -0.624. The average molecular weight is 222 g/mol. The van der Waals surface area contributed by atoms with Crippen LogP contribution in [0.25, 0.3) is 0 Å². The van der Waals surface area contributed by atoms with Crippen LogP contribution in [-0.4, -0.2) is 18.9 Å². The molecule has 2 rings (SSSR count). The van der Waals surface area contributed by atoms with E-state index in [9.17, 15) is 9.59 Å². The van der Waals surface area contributed by atoms with Gasteiger partial charge in [0.25, 0.3) is 0 Å². The Balaban J connectivity index is 2.47. The summed E-state index contributed by atoms with van der Waals surface area (Å²) in [7, 11) is 1.41. The van der Waals surface area contributed by atoms with E-state index in [0.29, 0.717) is 0 Å². The molecule has 0 unspecified atom stereocenters. The van der Waals surface area contributed by atoms with Gasteiger partial charge in [-0.2, -0.15) is 0 Å². The van der Waals surface area contributed by atoms with Gasteiger partial charge in [0.1, 0.15) is 5.78 Å². The molecular formula is C13H18O3. The smallest absolute Gasteiger partial charge is 0.315 e. The van der Waals surface area contributed by atoms with Gasteiger partial charge in [0.15, 0.2) is 0 Å². The molecule has 0 saturated heterocycles. The Morgan fingerprint density at radius 3 is 2.75 bits per heavy atom. The average Bonchev–Trinajstić information content (AvgIpc) is 2.52. The van der Waals surface area contributed by atoms with E-state index < -0.39 is 5.41 Å². The van der Waals surface area contributed by atoms with E-state index in [1.54, 1.807) is 0 Å². The Morgan fingerprint density at radius 2 is 2.19 bits per heavy atom. The maximum absolute atomic E-state index is 12.0. The van der Waals surface area contributed by atoms with Gasteiger partial charge in [-0.3, -0.25) is 9.59 Å². The molecule has 3 heteroatoms. The van der Waals surface area contributed by atoms with Crippen LogP contribution in [-0.2, 0) is 14.3 Å². The largest absolute Gasteiger partial charge is 0.468 e. The summed E-state index contributed by atoms with van der Waals surface area (Å²) in [6.07, 6.45) is 2.74. The van der Waals surface area contributed by atoms with E-state index in [0.717, 1.165) is 12.0 Å². The summed E-state index contributed by atoms with van der Waals surface area (Å²) in [4.78, 5) is 23.9. The number of carbonyl (C=O) groups is 2. The molecule has 0 aromatic heterocycles. The number of esters is 1. The molecule has 0 aromatic carbocycles. The topological polar surface area (TPSA) is 43.4 Å². The predicted octanol–water partition coefficient (Wildman–Crippen LogP) is 1.97. The second-order valence-electron chi connectivity index (χ2n) is 5.25. The minimum Gasteiger partial charge on any atom is -0.468 e. The first-order valence-corrected chi connectivity index (χ1v) is 5.73.